The van der Waals surface area contributed by atoms with Gasteiger partial charge in [-0.25, -0.2) is 4.98 Å². The molecule has 8 nitrogen and oxygen atoms in total. The van der Waals surface area contributed by atoms with Gasteiger partial charge in [-0.15, -0.1) is 0 Å². The van der Waals surface area contributed by atoms with Gasteiger partial charge in [0, 0.05) is 5.56 Å². The number of hydrogen-bond acceptors (Lipinski definition) is 6. The van der Waals surface area contributed by atoms with Crippen molar-refractivity contribution in [2.75, 3.05) is 11.9 Å². The summed E-state index contributed by atoms with van der Waals surface area (Å²) in [6.07, 6.45) is 1.42. The third-order valence-electron chi connectivity index (χ3n) is 3.04. The van der Waals surface area contributed by atoms with E-state index < -0.39 is 0 Å². The molecule has 3 rings (SSSR count). The van der Waals surface area contributed by atoms with Crippen LogP contribution in [0, 0.1) is 12.3 Å². The van der Waals surface area contributed by atoms with E-state index in [9.17, 15) is 4.79 Å². The summed E-state index contributed by atoms with van der Waals surface area (Å²) in [7, 11) is 0. The molecule has 0 saturated carbocycles. The fourth-order valence-corrected chi connectivity index (χ4v) is 2.02. The molecule has 0 saturated heterocycles. The average molecular weight is 299 g/mol. The van der Waals surface area contributed by atoms with Crippen LogP contribution in [-0.4, -0.2) is 28.3 Å². The maximum Gasteiger partial charge on any atom is 0.325 e. The summed E-state index contributed by atoms with van der Waals surface area (Å²) < 4.78 is 10.8. The van der Waals surface area contributed by atoms with Crippen LogP contribution in [0.2, 0.25) is 0 Å². The lowest BCUT2D eigenvalue weighted by Crippen LogP contribution is -2.26. The van der Waals surface area contributed by atoms with Crippen molar-refractivity contribution in [1.82, 2.24) is 9.97 Å². The lowest BCUT2D eigenvalue weighted by atomic mass is 10.1. The van der Waals surface area contributed by atoms with Crippen LogP contribution in [0.15, 0.2) is 24.4 Å². The number of carbonyl (C=O) groups is 1. The maximum absolute atomic E-state index is 11.2. The number of hydrogen-bond donors (Lipinski definition) is 3. The van der Waals surface area contributed by atoms with Gasteiger partial charge in [0.25, 0.3) is 5.91 Å². The van der Waals surface area contributed by atoms with E-state index in [0.717, 1.165) is 5.56 Å². The van der Waals surface area contributed by atoms with Gasteiger partial charge < -0.3 is 20.5 Å². The summed E-state index contributed by atoms with van der Waals surface area (Å²) >= 11 is 0. The molecule has 1 aliphatic rings. The van der Waals surface area contributed by atoms with E-state index in [-0.39, 0.29) is 30.2 Å². The van der Waals surface area contributed by atoms with Gasteiger partial charge in [0.1, 0.15) is 17.3 Å². The van der Waals surface area contributed by atoms with Crippen molar-refractivity contribution in [3.8, 4) is 17.6 Å². The molecule has 8 heteroatoms. The van der Waals surface area contributed by atoms with Gasteiger partial charge in [-0.1, -0.05) is 0 Å². The molecule has 1 aromatic carbocycles. The summed E-state index contributed by atoms with van der Waals surface area (Å²) in [5, 5.41) is 10.0. The number of nitrogen functional groups attached to an aromatic ring is 1. The van der Waals surface area contributed by atoms with Crippen molar-refractivity contribution in [3.63, 3.8) is 0 Å². The lowest BCUT2D eigenvalue weighted by molar-refractivity contribution is -0.118. The van der Waals surface area contributed by atoms with Crippen molar-refractivity contribution >= 4 is 17.4 Å². The Balaban J connectivity index is 1.83. The number of benzene rings is 1. The SMILES string of the molecule is Cc1cc(Oc2ncc3c(n2)OCC(=O)N3)ccc1C(=N)N. The fraction of sp³-hybridized carbons (Fsp3) is 0.143. The van der Waals surface area contributed by atoms with Gasteiger partial charge in [0.05, 0.1) is 6.20 Å². The first-order valence-corrected chi connectivity index (χ1v) is 6.45. The van der Waals surface area contributed by atoms with Gasteiger partial charge in [0.15, 0.2) is 6.61 Å². The molecule has 0 aliphatic carbocycles. The quantitative estimate of drug-likeness (QED) is 0.578. The number of carbonyl (C=O) groups excluding carboxylic acids is 1. The number of amidine groups is 1. The second-order valence-electron chi connectivity index (χ2n) is 4.70. The first kappa shape index (κ1) is 13.8. The Kier molecular flexibility index (Phi) is 3.34. The van der Waals surface area contributed by atoms with Crippen LogP contribution in [0.5, 0.6) is 17.6 Å². The number of nitrogens with two attached hydrogens (primary N) is 1. The molecule has 1 aromatic heterocycles. The Hall–Kier alpha value is -3.16. The molecule has 2 aromatic rings. The molecule has 22 heavy (non-hydrogen) atoms. The average Bonchev–Trinajstić information content (AvgIpc) is 2.47. The minimum Gasteiger partial charge on any atom is -0.466 e. The van der Waals surface area contributed by atoms with E-state index in [1.54, 1.807) is 18.2 Å². The predicted octanol–water partition coefficient (Wildman–Crippen LogP) is 1.19. The standard InChI is InChI=1S/C14H13N5O3/c1-7-4-8(2-3-9(7)12(15)16)22-14-17-5-10-13(19-14)21-6-11(20)18-10/h2-5H,6H2,1H3,(H3,15,16)(H,18,20). The van der Waals surface area contributed by atoms with Crippen molar-refractivity contribution in [2.24, 2.45) is 5.73 Å². The second-order valence-corrected chi connectivity index (χ2v) is 4.70. The first-order valence-electron chi connectivity index (χ1n) is 6.45. The zero-order valence-electron chi connectivity index (χ0n) is 11.7. The van der Waals surface area contributed by atoms with Crippen LogP contribution in [-0.2, 0) is 4.79 Å². The zero-order valence-corrected chi connectivity index (χ0v) is 11.7. The summed E-state index contributed by atoms with van der Waals surface area (Å²) in [5.74, 6) is 0.530. The van der Waals surface area contributed by atoms with Crippen molar-refractivity contribution in [2.45, 2.75) is 6.92 Å². The Bertz CT molecular complexity index is 775. The van der Waals surface area contributed by atoms with E-state index in [0.29, 0.717) is 17.0 Å². The lowest BCUT2D eigenvalue weighted by Gasteiger charge is -2.16. The predicted molar refractivity (Wildman–Crippen MR) is 78.4 cm³/mol. The van der Waals surface area contributed by atoms with Gasteiger partial charge in [-0.2, -0.15) is 4.98 Å². The summed E-state index contributed by atoms with van der Waals surface area (Å²) in [6, 6.07) is 5.21. The molecular formula is C14H13N5O3. The largest absolute Gasteiger partial charge is 0.466 e. The molecule has 0 radical (unpaired) electrons. The fourth-order valence-electron chi connectivity index (χ4n) is 2.02. The van der Waals surface area contributed by atoms with Crippen LogP contribution in [0.25, 0.3) is 0 Å². The molecular weight excluding hydrogens is 286 g/mol. The number of rotatable bonds is 3. The van der Waals surface area contributed by atoms with Crippen molar-refractivity contribution in [1.29, 1.82) is 5.41 Å². The first-order chi connectivity index (χ1) is 10.5. The smallest absolute Gasteiger partial charge is 0.325 e. The molecule has 0 bridgehead atoms. The number of aromatic nitrogens is 2. The maximum atomic E-state index is 11.2. The highest BCUT2D eigenvalue weighted by Crippen LogP contribution is 2.28. The Labute approximate surface area is 125 Å². The monoisotopic (exact) mass is 299 g/mol. The van der Waals surface area contributed by atoms with E-state index in [2.05, 4.69) is 15.3 Å². The van der Waals surface area contributed by atoms with Gasteiger partial charge >= 0.3 is 6.01 Å². The van der Waals surface area contributed by atoms with Crippen molar-refractivity contribution < 1.29 is 14.3 Å². The zero-order chi connectivity index (χ0) is 15.7. The van der Waals surface area contributed by atoms with Crippen molar-refractivity contribution in [3.05, 3.63) is 35.5 Å². The highest BCUT2D eigenvalue weighted by Gasteiger charge is 2.19. The Morgan fingerprint density at radius 2 is 2.32 bits per heavy atom. The van der Waals surface area contributed by atoms with Crippen LogP contribution < -0.4 is 20.5 Å². The Morgan fingerprint density at radius 3 is 3.05 bits per heavy atom. The topological polar surface area (TPSA) is 123 Å². The van der Waals surface area contributed by atoms with E-state index in [1.807, 2.05) is 6.92 Å². The number of anilines is 1. The molecule has 4 N–H and O–H groups in total. The molecule has 112 valence electrons. The molecule has 0 fully saturated rings. The molecule has 0 atom stereocenters. The number of nitrogens with one attached hydrogen (secondary N) is 2. The minimum absolute atomic E-state index is 0.00165. The number of amides is 1. The number of aryl methyl sites for hydroxylation is 1. The molecule has 1 amide bonds. The van der Waals surface area contributed by atoms with Crippen LogP contribution in [0.3, 0.4) is 0 Å². The summed E-state index contributed by atoms with van der Waals surface area (Å²) in [5.41, 5.74) is 7.34. The highest BCUT2D eigenvalue weighted by atomic mass is 16.5. The van der Waals surface area contributed by atoms with Crippen LogP contribution in [0.1, 0.15) is 11.1 Å². The van der Waals surface area contributed by atoms with Crippen LogP contribution >= 0.6 is 0 Å². The second kappa shape index (κ2) is 5.32. The third-order valence-corrected chi connectivity index (χ3v) is 3.04. The molecule has 2 heterocycles. The molecule has 0 unspecified atom stereocenters. The van der Waals surface area contributed by atoms with Gasteiger partial charge in [-0.3, -0.25) is 10.2 Å². The van der Waals surface area contributed by atoms with Crippen LogP contribution in [0.4, 0.5) is 5.69 Å². The summed E-state index contributed by atoms with van der Waals surface area (Å²) in [4.78, 5) is 19.3. The highest BCUT2D eigenvalue weighted by molar-refractivity contribution is 5.96. The number of nitrogens with zero attached hydrogens (tertiary/aromatic N) is 2. The number of ether oxygens (including phenoxy) is 2. The normalized spacial score (nSPS) is 12.9. The van der Waals surface area contributed by atoms with Gasteiger partial charge in [0.2, 0.25) is 5.88 Å². The third kappa shape index (κ3) is 2.66. The van der Waals surface area contributed by atoms with E-state index >= 15 is 0 Å². The molecule has 0 spiro atoms. The van der Waals surface area contributed by atoms with Gasteiger partial charge in [-0.05, 0) is 30.7 Å². The number of fused-ring (bicyclic) bond motifs is 1. The molecule has 1 aliphatic heterocycles. The summed E-state index contributed by atoms with van der Waals surface area (Å²) in [6.45, 7) is 1.74. The minimum atomic E-state index is -0.250. The van der Waals surface area contributed by atoms with E-state index in [4.69, 9.17) is 20.6 Å². The Morgan fingerprint density at radius 1 is 1.50 bits per heavy atom. The van der Waals surface area contributed by atoms with E-state index in [1.165, 1.54) is 6.20 Å².